The molecule has 0 aromatic carbocycles. The van der Waals surface area contributed by atoms with Gasteiger partial charge in [0.1, 0.15) is 5.76 Å². The van der Waals surface area contributed by atoms with Crippen LogP contribution in [-0.4, -0.2) is 25.5 Å². The van der Waals surface area contributed by atoms with Crippen molar-refractivity contribution in [1.82, 2.24) is 10.2 Å². The first-order valence-corrected chi connectivity index (χ1v) is 8.10. The first-order chi connectivity index (χ1) is 9.75. The summed E-state index contributed by atoms with van der Waals surface area (Å²) in [7, 11) is 4.21. The van der Waals surface area contributed by atoms with Gasteiger partial charge in [-0.15, -0.1) is 11.3 Å². The zero-order valence-corrected chi connectivity index (χ0v) is 12.9. The lowest BCUT2D eigenvalue weighted by Gasteiger charge is -2.26. The Hall–Kier alpha value is -1.10. The van der Waals surface area contributed by atoms with Crippen LogP contribution in [0, 0.1) is 5.92 Å². The summed E-state index contributed by atoms with van der Waals surface area (Å²) in [5.74, 6) is 1.84. The van der Waals surface area contributed by atoms with Gasteiger partial charge in [0.05, 0.1) is 12.3 Å². The number of thiophene rings is 1. The maximum atomic E-state index is 5.58. The zero-order valence-electron chi connectivity index (χ0n) is 12.1. The second-order valence-corrected chi connectivity index (χ2v) is 6.71. The van der Waals surface area contributed by atoms with Crippen molar-refractivity contribution >= 4 is 11.3 Å². The molecule has 2 unspecified atom stereocenters. The molecule has 0 spiro atoms. The highest BCUT2D eigenvalue weighted by atomic mass is 32.1. The van der Waals surface area contributed by atoms with Crippen LogP contribution in [0.5, 0.6) is 0 Å². The van der Waals surface area contributed by atoms with E-state index in [0.29, 0.717) is 6.04 Å². The van der Waals surface area contributed by atoms with Crippen LogP contribution in [0.3, 0.4) is 0 Å². The lowest BCUT2D eigenvalue weighted by atomic mass is 10.1. The second kappa shape index (κ2) is 6.12. The minimum Gasteiger partial charge on any atom is -0.468 e. The van der Waals surface area contributed by atoms with E-state index in [9.17, 15) is 0 Å². The summed E-state index contributed by atoms with van der Waals surface area (Å²) >= 11 is 1.86. The quantitative estimate of drug-likeness (QED) is 0.843. The molecule has 20 heavy (non-hydrogen) atoms. The van der Waals surface area contributed by atoms with E-state index >= 15 is 0 Å². The third kappa shape index (κ3) is 3.14. The maximum Gasteiger partial charge on any atom is 0.122 e. The molecule has 0 saturated heterocycles. The van der Waals surface area contributed by atoms with Crippen LogP contribution >= 0.6 is 11.3 Å². The van der Waals surface area contributed by atoms with Crippen LogP contribution in [-0.2, 0) is 0 Å². The second-order valence-electron chi connectivity index (χ2n) is 5.73. The van der Waals surface area contributed by atoms with Crippen molar-refractivity contribution in [1.29, 1.82) is 0 Å². The Morgan fingerprint density at radius 1 is 1.35 bits per heavy atom. The van der Waals surface area contributed by atoms with Gasteiger partial charge in [0.2, 0.25) is 0 Å². The molecular formula is C16H22N2OS. The van der Waals surface area contributed by atoms with Crippen molar-refractivity contribution in [3.63, 3.8) is 0 Å². The van der Waals surface area contributed by atoms with Gasteiger partial charge < -0.3 is 9.73 Å². The van der Waals surface area contributed by atoms with Crippen LogP contribution in [0.4, 0.5) is 0 Å². The van der Waals surface area contributed by atoms with Crippen LogP contribution in [0.25, 0.3) is 0 Å². The van der Waals surface area contributed by atoms with E-state index in [4.69, 9.17) is 4.42 Å². The molecule has 2 atom stereocenters. The average Bonchev–Trinajstić information content (AvgIpc) is 2.93. The van der Waals surface area contributed by atoms with Gasteiger partial charge in [-0.2, -0.15) is 0 Å². The standard InChI is InChI=1S/C16H22N2OS/c1-18(2)13(14-5-3-9-19-14)11-17-16(12-7-8-12)15-6-4-10-20-15/h3-6,9-10,12-13,16-17H,7-8,11H2,1-2H3. The smallest absolute Gasteiger partial charge is 0.122 e. The van der Waals surface area contributed by atoms with Crippen LogP contribution < -0.4 is 5.32 Å². The fraction of sp³-hybridized carbons (Fsp3) is 0.500. The van der Waals surface area contributed by atoms with Gasteiger partial charge in [-0.3, -0.25) is 4.90 Å². The highest BCUT2D eigenvalue weighted by molar-refractivity contribution is 7.10. The minimum atomic E-state index is 0.284. The van der Waals surface area contributed by atoms with Gasteiger partial charge in [-0.05, 0) is 56.4 Å². The number of nitrogens with one attached hydrogen (secondary N) is 1. The third-order valence-electron chi connectivity index (χ3n) is 3.97. The van der Waals surface area contributed by atoms with Crippen molar-refractivity contribution in [2.75, 3.05) is 20.6 Å². The Kier molecular flexibility index (Phi) is 4.24. The molecule has 2 heterocycles. The van der Waals surface area contributed by atoms with Crippen molar-refractivity contribution in [2.45, 2.75) is 24.9 Å². The third-order valence-corrected chi connectivity index (χ3v) is 4.92. The molecule has 1 saturated carbocycles. The Morgan fingerprint density at radius 2 is 2.20 bits per heavy atom. The van der Waals surface area contributed by atoms with E-state index in [1.54, 1.807) is 6.26 Å². The summed E-state index contributed by atoms with van der Waals surface area (Å²) in [4.78, 5) is 3.67. The Morgan fingerprint density at radius 3 is 2.75 bits per heavy atom. The molecule has 108 valence electrons. The van der Waals surface area contributed by atoms with Gasteiger partial charge in [0.25, 0.3) is 0 Å². The summed E-state index contributed by atoms with van der Waals surface area (Å²) in [5.41, 5.74) is 0. The molecule has 0 amide bonds. The van der Waals surface area contributed by atoms with Gasteiger partial charge >= 0.3 is 0 Å². The maximum absolute atomic E-state index is 5.58. The number of hydrogen-bond donors (Lipinski definition) is 1. The van der Waals surface area contributed by atoms with Crippen LogP contribution in [0.1, 0.15) is 35.6 Å². The van der Waals surface area contributed by atoms with E-state index in [2.05, 4.69) is 47.9 Å². The fourth-order valence-electron chi connectivity index (χ4n) is 2.65. The lowest BCUT2D eigenvalue weighted by molar-refractivity contribution is 0.241. The molecule has 1 N–H and O–H groups in total. The highest BCUT2D eigenvalue weighted by Crippen LogP contribution is 2.42. The summed E-state index contributed by atoms with van der Waals surface area (Å²) in [6.45, 7) is 0.916. The van der Waals surface area contributed by atoms with Gasteiger partial charge in [-0.1, -0.05) is 6.07 Å². The minimum absolute atomic E-state index is 0.284. The molecule has 2 aromatic rings. The monoisotopic (exact) mass is 290 g/mol. The molecule has 0 aliphatic heterocycles. The Bertz CT molecular complexity index is 462. The number of furan rings is 1. The number of nitrogens with zero attached hydrogens (tertiary/aromatic N) is 1. The van der Waals surface area contributed by atoms with Crippen LogP contribution in [0.15, 0.2) is 40.3 Å². The van der Waals surface area contributed by atoms with Crippen molar-refractivity contribution in [3.05, 3.63) is 46.5 Å². The predicted octanol–water partition coefficient (Wildman–Crippen LogP) is 3.68. The molecule has 4 heteroatoms. The normalized spacial score (nSPS) is 18.4. The number of rotatable bonds is 7. The molecule has 1 fully saturated rings. The van der Waals surface area contributed by atoms with E-state index in [1.165, 1.54) is 17.7 Å². The molecule has 0 radical (unpaired) electrons. The zero-order chi connectivity index (χ0) is 13.9. The van der Waals surface area contributed by atoms with Crippen molar-refractivity contribution < 1.29 is 4.42 Å². The molecule has 1 aliphatic rings. The van der Waals surface area contributed by atoms with Crippen molar-refractivity contribution in [3.8, 4) is 0 Å². The first-order valence-electron chi connectivity index (χ1n) is 7.22. The highest BCUT2D eigenvalue weighted by Gasteiger charge is 2.33. The fourth-order valence-corrected chi connectivity index (χ4v) is 3.55. The topological polar surface area (TPSA) is 28.4 Å². The average molecular weight is 290 g/mol. The van der Waals surface area contributed by atoms with E-state index in [0.717, 1.165) is 18.2 Å². The summed E-state index contributed by atoms with van der Waals surface area (Å²) < 4.78 is 5.58. The largest absolute Gasteiger partial charge is 0.468 e. The van der Waals surface area contributed by atoms with E-state index < -0.39 is 0 Å². The molecule has 0 bridgehead atoms. The first kappa shape index (κ1) is 13.9. The molecule has 1 aliphatic carbocycles. The summed E-state index contributed by atoms with van der Waals surface area (Å²) in [6, 6.07) is 9.21. The van der Waals surface area contributed by atoms with Gasteiger partial charge in [-0.25, -0.2) is 0 Å². The van der Waals surface area contributed by atoms with E-state index in [1.807, 2.05) is 17.4 Å². The van der Waals surface area contributed by atoms with Crippen LogP contribution in [0.2, 0.25) is 0 Å². The SMILES string of the molecule is CN(C)C(CNC(c1cccs1)C1CC1)c1ccco1. The molecule has 3 rings (SSSR count). The van der Waals surface area contributed by atoms with E-state index in [-0.39, 0.29) is 6.04 Å². The molecular weight excluding hydrogens is 268 g/mol. The molecule has 3 nitrogen and oxygen atoms in total. The number of hydrogen-bond acceptors (Lipinski definition) is 4. The summed E-state index contributed by atoms with van der Waals surface area (Å²) in [5, 5.41) is 5.93. The van der Waals surface area contributed by atoms with Crippen molar-refractivity contribution in [2.24, 2.45) is 5.92 Å². The Labute approximate surface area is 124 Å². The lowest BCUT2D eigenvalue weighted by Crippen LogP contribution is -2.33. The van der Waals surface area contributed by atoms with Gasteiger partial charge in [0.15, 0.2) is 0 Å². The summed E-state index contributed by atoms with van der Waals surface area (Å²) in [6.07, 6.45) is 4.45. The Balaban J connectivity index is 1.67. The van der Waals surface area contributed by atoms with Gasteiger partial charge in [0, 0.05) is 17.5 Å². The predicted molar refractivity (Wildman–Crippen MR) is 82.9 cm³/mol. The number of likely N-dealkylation sites (N-methyl/N-ethyl adjacent to an activating group) is 1. The molecule has 2 aromatic heterocycles.